The first-order chi connectivity index (χ1) is 5.00. The van der Waals surface area contributed by atoms with E-state index in [2.05, 4.69) is 0 Å². The first kappa shape index (κ1) is 8.88. The van der Waals surface area contributed by atoms with Gasteiger partial charge in [0.15, 0.2) is 0 Å². The fraction of sp³-hybridized carbons (Fsp3) is 1.00. The zero-order chi connectivity index (χ0) is 8.48. The molecule has 0 aromatic heterocycles. The zero-order valence-electron chi connectivity index (χ0n) is 6.62. The van der Waals surface area contributed by atoms with Crippen LogP contribution < -0.4 is 0 Å². The number of hydrogen-bond donors (Lipinski definition) is 0. The predicted octanol–water partition coefficient (Wildman–Crippen LogP) is 3.38. The maximum atomic E-state index is 12.1. The van der Waals surface area contributed by atoms with Crippen LogP contribution in [0.15, 0.2) is 0 Å². The summed E-state index contributed by atoms with van der Waals surface area (Å²) in [4.78, 5) is 0. The zero-order valence-corrected chi connectivity index (χ0v) is 6.62. The Morgan fingerprint density at radius 2 is 1.82 bits per heavy atom. The van der Waals surface area contributed by atoms with E-state index < -0.39 is 12.1 Å². The minimum absolute atomic E-state index is 0.260. The highest BCUT2D eigenvalue weighted by atomic mass is 19.4. The summed E-state index contributed by atoms with van der Waals surface area (Å²) in [6.07, 6.45) is -1.57. The number of alkyl halides is 3. The summed E-state index contributed by atoms with van der Waals surface area (Å²) in [5.41, 5.74) is 0. The maximum absolute atomic E-state index is 12.1. The fourth-order valence-electron chi connectivity index (χ4n) is 1.73. The van der Waals surface area contributed by atoms with E-state index in [1.807, 2.05) is 6.92 Å². The van der Waals surface area contributed by atoms with E-state index in [0.717, 1.165) is 12.8 Å². The van der Waals surface area contributed by atoms with E-state index in [1.54, 1.807) is 0 Å². The highest BCUT2D eigenvalue weighted by Crippen LogP contribution is 2.39. The topological polar surface area (TPSA) is 0 Å². The van der Waals surface area contributed by atoms with Crippen LogP contribution in [0, 0.1) is 11.8 Å². The molecule has 0 nitrogen and oxygen atoms in total. The smallest absolute Gasteiger partial charge is 0.171 e. The molecule has 2 atom stereocenters. The lowest BCUT2D eigenvalue weighted by molar-refractivity contribution is -0.185. The molecule has 0 aromatic rings. The minimum atomic E-state index is -3.95. The lowest BCUT2D eigenvalue weighted by Crippen LogP contribution is -2.27. The van der Waals surface area contributed by atoms with Gasteiger partial charge in [-0.3, -0.25) is 0 Å². The van der Waals surface area contributed by atoms with Crippen LogP contribution in [0.4, 0.5) is 13.2 Å². The van der Waals surface area contributed by atoms with Crippen molar-refractivity contribution in [2.45, 2.75) is 38.8 Å². The molecule has 0 radical (unpaired) electrons. The van der Waals surface area contributed by atoms with E-state index in [4.69, 9.17) is 0 Å². The SMILES string of the molecule is C[C@H]1CCC[C@H](C(F)(F)F)C1. The Hall–Kier alpha value is -0.210. The van der Waals surface area contributed by atoms with Crippen molar-refractivity contribution in [1.29, 1.82) is 0 Å². The van der Waals surface area contributed by atoms with E-state index >= 15 is 0 Å². The lowest BCUT2D eigenvalue weighted by atomic mass is 9.82. The second-order valence-electron chi connectivity index (χ2n) is 3.51. The fourth-order valence-corrected chi connectivity index (χ4v) is 1.73. The monoisotopic (exact) mass is 166 g/mol. The molecular weight excluding hydrogens is 153 g/mol. The quantitative estimate of drug-likeness (QED) is 0.517. The van der Waals surface area contributed by atoms with Gasteiger partial charge in [0.25, 0.3) is 0 Å². The molecule has 0 aliphatic heterocycles. The molecule has 0 unspecified atom stereocenters. The van der Waals surface area contributed by atoms with Crippen LogP contribution in [0.25, 0.3) is 0 Å². The van der Waals surface area contributed by atoms with Crippen LogP contribution in [-0.2, 0) is 0 Å². The van der Waals surface area contributed by atoms with Crippen molar-refractivity contribution in [3.05, 3.63) is 0 Å². The summed E-state index contributed by atoms with van der Waals surface area (Å²) in [6.45, 7) is 1.90. The van der Waals surface area contributed by atoms with Crippen molar-refractivity contribution in [3.8, 4) is 0 Å². The third kappa shape index (κ3) is 2.38. The average molecular weight is 166 g/mol. The Morgan fingerprint density at radius 3 is 2.18 bits per heavy atom. The van der Waals surface area contributed by atoms with Crippen LogP contribution in [0.5, 0.6) is 0 Å². The van der Waals surface area contributed by atoms with Gasteiger partial charge in [-0.25, -0.2) is 0 Å². The summed E-state index contributed by atoms with van der Waals surface area (Å²) >= 11 is 0. The molecular formula is C8H13F3. The van der Waals surface area contributed by atoms with Crippen molar-refractivity contribution in [2.24, 2.45) is 11.8 Å². The van der Waals surface area contributed by atoms with E-state index in [9.17, 15) is 13.2 Å². The molecule has 1 aliphatic rings. The standard InChI is InChI=1S/C8H13F3/c1-6-3-2-4-7(5-6)8(9,10)11/h6-7H,2-5H2,1H3/t6-,7-/m0/s1. The second-order valence-corrected chi connectivity index (χ2v) is 3.51. The predicted molar refractivity (Wildman–Crippen MR) is 37.2 cm³/mol. The van der Waals surface area contributed by atoms with Gasteiger partial charge in [0.2, 0.25) is 0 Å². The Bertz CT molecular complexity index is 128. The van der Waals surface area contributed by atoms with E-state index in [1.165, 1.54) is 0 Å². The average Bonchev–Trinajstić information content (AvgIpc) is 1.86. The Morgan fingerprint density at radius 1 is 1.18 bits per heavy atom. The van der Waals surface area contributed by atoms with Crippen LogP contribution in [0.3, 0.4) is 0 Å². The molecule has 0 heterocycles. The number of rotatable bonds is 0. The van der Waals surface area contributed by atoms with E-state index in [-0.39, 0.29) is 5.92 Å². The summed E-state index contributed by atoms with van der Waals surface area (Å²) in [5, 5.41) is 0. The summed E-state index contributed by atoms with van der Waals surface area (Å²) in [7, 11) is 0. The van der Waals surface area contributed by atoms with Crippen molar-refractivity contribution in [3.63, 3.8) is 0 Å². The molecule has 0 spiro atoms. The number of hydrogen-bond acceptors (Lipinski definition) is 0. The molecule has 0 saturated heterocycles. The minimum Gasteiger partial charge on any atom is -0.171 e. The third-order valence-corrected chi connectivity index (χ3v) is 2.40. The highest BCUT2D eigenvalue weighted by molar-refractivity contribution is 4.75. The van der Waals surface area contributed by atoms with Gasteiger partial charge in [0.05, 0.1) is 5.92 Å². The summed E-state index contributed by atoms with van der Waals surface area (Å²) in [6, 6.07) is 0. The van der Waals surface area contributed by atoms with Crippen LogP contribution >= 0.6 is 0 Å². The summed E-state index contributed by atoms with van der Waals surface area (Å²) in [5.74, 6) is -0.762. The van der Waals surface area contributed by atoms with E-state index in [0.29, 0.717) is 12.8 Å². The van der Waals surface area contributed by atoms with Gasteiger partial charge in [-0.2, -0.15) is 13.2 Å². The lowest BCUT2D eigenvalue weighted by Gasteiger charge is -2.28. The van der Waals surface area contributed by atoms with Crippen molar-refractivity contribution >= 4 is 0 Å². The molecule has 3 heteroatoms. The first-order valence-corrected chi connectivity index (χ1v) is 4.07. The molecule has 1 saturated carbocycles. The van der Waals surface area contributed by atoms with Crippen LogP contribution in [0.1, 0.15) is 32.6 Å². The van der Waals surface area contributed by atoms with Gasteiger partial charge in [0, 0.05) is 0 Å². The van der Waals surface area contributed by atoms with Gasteiger partial charge in [0.1, 0.15) is 0 Å². The van der Waals surface area contributed by atoms with Crippen LogP contribution in [0.2, 0.25) is 0 Å². The molecule has 0 bridgehead atoms. The third-order valence-electron chi connectivity index (χ3n) is 2.40. The Balaban J connectivity index is 2.46. The summed E-state index contributed by atoms with van der Waals surface area (Å²) < 4.78 is 36.3. The molecule has 0 amide bonds. The van der Waals surface area contributed by atoms with Crippen molar-refractivity contribution < 1.29 is 13.2 Å². The molecule has 0 N–H and O–H groups in total. The molecule has 1 rings (SSSR count). The molecule has 1 fully saturated rings. The largest absolute Gasteiger partial charge is 0.391 e. The van der Waals surface area contributed by atoms with Gasteiger partial charge >= 0.3 is 6.18 Å². The highest BCUT2D eigenvalue weighted by Gasteiger charge is 2.41. The number of halogens is 3. The molecule has 0 aromatic carbocycles. The molecule has 11 heavy (non-hydrogen) atoms. The van der Waals surface area contributed by atoms with Crippen molar-refractivity contribution in [1.82, 2.24) is 0 Å². The second kappa shape index (κ2) is 3.03. The first-order valence-electron chi connectivity index (χ1n) is 4.07. The Kier molecular flexibility index (Phi) is 2.45. The van der Waals surface area contributed by atoms with Crippen LogP contribution in [-0.4, -0.2) is 6.18 Å². The van der Waals surface area contributed by atoms with Gasteiger partial charge in [-0.1, -0.05) is 19.8 Å². The maximum Gasteiger partial charge on any atom is 0.391 e. The van der Waals surface area contributed by atoms with Gasteiger partial charge in [-0.15, -0.1) is 0 Å². The molecule has 66 valence electrons. The van der Waals surface area contributed by atoms with Gasteiger partial charge < -0.3 is 0 Å². The Labute approximate surface area is 64.8 Å². The normalized spacial score (nSPS) is 33.8. The molecule has 1 aliphatic carbocycles. The van der Waals surface area contributed by atoms with Gasteiger partial charge in [-0.05, 0) is 18.8 Å². The van der Waals surface area contributed by atoms with Crippen molar-refractivity contribution in [2.75, 3.05) is 0 Å².